The average Bonchev–Trinajstić information content (AvgIpc) is 2.47. The van der Waals surface area contributed by atoms with Gasteiger partial charge in [0.2, 0.25) is 0 Å². The van der Waals surface area contributed by atoms with E-state index in [1.54, 1.807) is 0 Å². The molecule has 0 saturated heterocycles. The lowest BCUT2D eigenvalue weighted by Crippen LogP contribution is -2.09. The fourth-order valence-corrected chi connectivity index (χ4v) is 1.44. The summed E-state index contributed by atoms with van der Waals surface area (Å²) >= 11 is 0. The maximum absolute atomic E-state index is 8.96. The highest BCUT2D eigenvalue weighted by atomic mass is 16.3. The molecular weight excluding hydrogens is 136 g/mol. The van der Waals surface area contributed by atoms with Gasteiger partial charge in [0.15, 0.2) is 0 Å². The zero-order valence-electron chi connectivity index (χ0n) is 7.03. The van der Waals surface area contributed by atoms with Crippen LogP contribution in [0.4, 0.5) is 0 Å². The Hall–Kier alpha value is -0.560. The van der Waals surface area contributed by atoms with E-state index in [1.165, 1.54) is 0 Å². The second-order valence-corrected chi connectivity index (χ2v) is 3.02. The molecule has 0 spiro atoms. The number of hydrogen-bond donors (Lipinski definition) is 1. The first-order chi connectivity index (χ1) is 5.38. The summed E-state index contributed by atoms with van der Waals surface area (Å²) in [5.41, 5.74) is 0. The number of hydrogen-bond acceptors (Lipinski definition) is 1. The number of aliphatic hydroxyl groups is 1. The molecule has 0 aromatic carbocycles. The molecular formula is C10H16O. The Labute approximate surface area is 68.4 Å². The van der Waals surface area contributed by atoms with Crippen molar-refractivity contribution in [3.63, 3.8) is 0 Å². The van der Waals surface area contributed by atoms with Crippen molar-refractivity contribution in [2.75, 3.05) is 6.61 Å². The van der Waals surface area contributed by atoms with Crippen molar-refractivity contribution in [3.8, 4) is 0 Å². The molecule has 1 nitrogen and oxygen atoms in total. The SMILES string of the molecule is CC/C=C/[C@@H]1C=CC[C@@H]1CO. The third kappa shape index (κ3) is 2.19. The van der Waals surface area contributed by atoms with Gasteiger partial charge in [-0.2, -0.15) is 0 Å². The summed E-state index contributed by atoms with van der Waals surface area (Å²) in [5, 5.41) is 8.96. The first-order valence-corrected chi connectivity index (χ1v) is 4.32. The van der Waals surface area contributed by atoms with E-state index >= 15 is 0 Å². The van der Waals surface area contributed by atoms with Gasteiger partial charge in [0.25, 0.3) is 0 Å². The maximum atomic E-state index is 8.96. The van der Waals surface area contributed by atoms with Crippen molar-refractivity contribution in [1.82, 2.24) is 0 Å². The summed E-state index contributed by atoms with van der Waals surface area (Å²) in [6.07, 6.45) is 10.8. The molecule has 0 amide bonds. The van der Waals surface area contributed by atoms with Crippen molar-refractivity contribution >= 4 is 0 Å². The second kappa shape index (κ2) is 4.35. The minimum absolute atomic E-state index is 0.311. The van der Waals surface area contributed by atoms with E-state index in [0.29, 0.717) is 18.4 Å². The van der Waals surface area contributed by atoms with Gasteiger partial charge in [-0.15, -0.1) is 0 Å². The molecule has 0 saturated carbocycles. The molecule has 0 unspecified atom stereocenters. The second-order valence-electron chi connectivity index (χ2n) is 3.02. The van der Waals surface area contributed by atoms with E-state index in [9.17, 15) is 0 Å². The third-order valence-corrected chi connectivity index (χ3v) is 2.17. The first kappa shape index (κ1) is 8.54. The van der Waals surface area contributed by atoms with Gasteiger partial charge in [0, 0.05) is 6.61 Å². The summed E-state index contributed by atoms with van der Waals surface area (Å²) in [4.78, 5) is 0. The van der Waals surface area contributed by atoms with E-state index in [-0.39, 0.29) is 0 Å². The lowest BCUT2D eigenvalue weighted by Gasteiger charge is -2.11. The van der Waals surface area contributed by atoms with E-state index in [1.807, 2.05) is 0 Å². The normalized spacial score (nSPS) is 30.4. The number of allylic oxidation sites excluding steroid dienone is 4. The van der Waals surface area contributed by atoms with Gasteiger partial charge in [-0.25, -0.2) is 0 Å². The van der Waals surface area contributed by atoms with Crippen LogP contribution >= 0.6 is 0 Å². The summed E-state index contributed by atoms with van der Waals surface area (Å²) < 4.78 is 0. The zero-order valence-corrected chi connectivity index (χ0v) is 7.03. The molecule has 11 heavy (non-hydrogen) atoms. The van der Waals surface area contributed by atoms with Crippen LogP contribution in [0.5, 0.6) is 0 Å². The van der Waals surface area contributed by atoms with Crippen LogP contribution in [0.25, 0.3) is 0 Å². The molecule has 1 heteroatoms. The molecule has 0 heterocycles. The molecule has 0 fully saturated rings. The van der Waals surface area contributed by atoms with Gasteiger partial charge in [-0.1, -0.05) is 31.2 Å². The van der Waals surface area contributed by atoms with Crippen LogP contribution in [-0.2, 0) is 0 Å². The van der Waals surface area contributed by atoms with E-state index in [2.05, 4.69) is 31.2 Å². The minimum atomic E-state index is 0.311. The van der Waals surface area contributed by atoms with Crippen molar-refractivity contribution in [2.24, 2.45) is 11.8 Å². The van der Waals surface area contributed by atoms with Crippen LogP contribution in [0.1, 0.15) is 19.8 Å². The molecule has 0 radical (unpaired) electrons. The smallest absolute Gasteiger partial charge is 0.0470 e. The molecule has 1 aliphatic rings. The summed E-state index contributed by atoms with van der Waals surface area (Å²) in [7, 11) is 0. The Kier molecular flexibility index (Phi) is 3.37. The van der Waals surface area contributed by atoms with Crippen molar-refractivity contribution in [1.29, 1.82) is 0 Å². The van der Waals surface area contributed by atoms with E-state index < -0.39 is 0 Å². The van der Waals surface area contributed by atoms with Crippen molar-refractivity contribution in [3.05, 3.63) is 24.3 Å². The summed E-state index contributed by atoms with van der Waals surface area (Å²) in [6.45, 7) is 2.44. The molecule has 1 aliphatic carbocycles. The molecule has 62 valence electrons. The third-order valence-electron chi connectivity index (χ3n) is 2.17. The fourth-order valence-electron chi connectivity index (χ4n) is 1.44. The van der Waals surface area contributed by atoms with Gasteiger partial charge in [0.1, 0.15) is 0 Å². The van der Waals surface area contributed by atoms with Crippen molar-refractivity contribution < 1.29 is 5.11 Å². The molecule has 0 aromatic rings. The molecule has 2 atom stereocenters. The highest BCUT2D eigenvalue weighted by Crippen LogP contribution is 2.25. The van der Waals surface area contributed by atoms with Gasteiger partial charge < -0.3 is 5.11 Å². The van der Waals surface area contributed by atoms with Gasteiger partial charge in [0.05, 0.1) is 0 Å². The highest BCUT2D eigenvalue weighted by molar-refractivity contribution is 5.09. The molecule has 1 N–H and O–H groups in total. The lowest BCUT2D eigenvalue weighted by atomic mass is 9.96. The van der Waals surface area contributed by atoms with Crippen LogP contribution in [0.15, 0.2) is 24.3 Å². The molecule has 0 aliphatic heterocycles. The predicted octanol–water partition coefficient (Wildman–Crippen LogP) is 2.14. The zero-order chi connectivity index (χ0) is 8.10. The van der Waals surface area contributed by atoms with Crippen LogP contribution in [0.3, 0.4) is 0 Å². The lowest BCUT2D eigenvalue weighted by molar-refractivity contribution is 0.216. The average molecular weight is 152 g/mol. The van der Waals surface area contributed by atoms with Gasteiger partial charge in [-0.3, -0.25) is 0 Å². The minimum Gasteiger partial charge on any atom is -0.396 e. The van der Waals surface area contributed by atoms with Gasteiger partial charge >= 0.3 is 0 Å². The Morgan fingerprint density at radius 3 is 3.09 bits per heavy atom. The van der Waals surface area contributed by atoms with Crippen molar-refractivity contribution in [2.45, 2.75) is 19.8 Å². The summed E-state index contributed by atoms with van der Waals surface area (Å²) in [5.74, 6) is 0.928. The first-order valence-electron chi connectivity index (χ1n) is 4.32. The Balaban J connectivity index is 2.43. The Bertz CT molecular complexity index is 158. The highest BCUT2D eigenvalue weighted by Gasteiger charge is 2.18. The van der Waals surface area contributed by atoms with Crippen LogP contribution in [-0.4, -0.2) is 11.7 Å². The largest absolute Gasteiger partial charge is 0.396 e. The van der Waals surface area contributed by atoms with Crippen LogP contribution < -0.4 is 0 Å². The predicted molar refractivity (Wildman–Crippen MR) is 47.3 cm³/mol. The fraction of sp³-hybridized carbons (Fsp3) is 0.600. The van der Waals surface area contributed by atoms with Gasteiger partial charge in [-0.05, 0) is 24.7 Å². The van der Waals surface area contributed by atoms with E-state index in [4.69, 9.17) is 5.11 Å². The standard InChI is InChI=1S/C10H16O/c1-2-3-5-9-6-4-7-10(9)8-11/h3-6,9-11H,2,7-8H2,1H3/b5-3+/t9-,10-/m1/s1. The molecule has 0 bridgehead atoms. The summed E-state index contributed by atoms with van der Waals surface area (Å²) in [6, 6.07) is 0. The van der Waals surface area contributed by atoms with Crippen LogP contribution in [0.2, 0.25) is 0 Å². The quantitative estimate of drug-likeness (QED) is 0.614. The monoisotopic (exact) mass is 152 g/mol. The number of aliphatic hydroxyl groups excluding tert-OH is 1. The molecule has 0 aromatic heterocycles. The Morgan fingerprint density at radius 1 is 1.64 bits per heavy atom. The molecule has 1 rings (SSSR count). The van der Waals surface area contributed by atoms with Crippen LogP contribution in [0, 0.1) is 11.8 Å². The topological polar surface area (TPSA) is 20.2 Å². The number of rotatable bonds is 3. The maximum Gasteiger partial charge on any atom is 0.0470 e. The van der Waals surface area contributed by atoms with E-state index in [0.717, 1.165) is 12.8 Å². The Morgan fingerprint density at radius 2 is 2.45 bits per heavy atom.